The third-order valence-electron chi connectivity index (χ3n) is 6.87. The van der Waals surface area contributed by atoms with E-state index in [1.54, 1.807) is 36.2 Å². The molecular formula is C30H46N8O3. The van der Waals surface area contributed by atoms with Crippen LogP contribution >= 0.6 is 0 Å². The average Bonchev–Trinajstić information content (AvgIpc) is 2.98. The van der Waals surface area contributed by atoms with Gasteiger partial charge in [0.1, 0.15) is 11.6 Å². The lowest BCUT2D eigenvalue weighted by Crippen LogP contribution is -2.43. The molecule has 41 heavy (non-hydrogen) atoms. The molecule has 0 spiro atoms. The molecule has 5 N–H and O–H groups in total. The highest BCUT2D eigenvalue weighted by molar-refractivity contribution is 5.94. The van der Waals surface area contributed by atoms with Crippen molar-refractivity contribution in [3.63, 3.8) is 0 Å². The first-order valence-electron chi connectivity index (χ1n) is 14.7. The SMILES string of the molecule is CCCCCCCC(N)N(C)C(=O)c1ccc(/N=N/c2c(NCCCC)c(C#N)c(=O)n(NCCCC)c2O)cc1. The molecular weight excluding hydrogens is 520 g/mol. The number of rotatable bonds is 18. The number of carbonyl (C=O) groups is 1. The van der Waals surface area contributed by atoms with E-state index in [0.29, 0.717) is 24.3 Å². The van der Waals surface area contributed by atoms with Crippen molar-refractivity contribution in [3.8, 4) is 11.9 Å². The van der Waals surface area contributed by atoms with Gasteiger partial charge >= 0.3 is 0 Å². The molecule has 1 unspecified atom stereocenters. The fraction of sp³-hybridized carbons (Fsp3) is 0.567. The standard InChI is InChI=1S/C30H46N8O3/c1-5-8-11-12-13-14-25(32)37(4)28(39)22-15-17-23(18-16-22)35-36-27-26(33-19-9-6-2)24(21-31)29(40)38(30(27)41)34-20-10-7-3/h15-18,25,33-34,41H,5-14,19-20,32H2,1-4H3/b36-35+. The molecule has 1 amide bonds. The van der Waals surface area contributed by atoms with Gasteiger partial charge in [-0.1, -0.05) is 65.7 Å². The van der Waals surface area contributed by atoms with Crippen molar-refractivity contribution >= 4 is 23.0 Å². The van der Waals surface area contributed by atoms with Crippen LogP contribution in [0.2, 0.25) is 0 Å². The van der Waals surface area contributed by atoms with Gasteiger partial charge in [-0.15, -0.1) is 5.11 Å². The molecule has 0 bridgehead atoms. The summed E-state index contributed by atoms with van der Waals surface area (Å²) in [5.74, 6) is -0.622. The van der Waals surface area contributed by atoms with E-state index in [2.05, 4.69) is 27.9 Å². The maximum absolute atomic E-state index is 13.0. The van der Waals surface area contributed by atoms with Gasteiger partial charge in [-0.25, -0.2) is 0 Å². The van der Waals surface area contributed by atoms with Crippen LogP contribution in [-0.4, -0.2) is 46.9 Å². The monoisotopic (exact) mass is 566 g/mol. The number of hydrogen-bond acceptors (Lipinski definition) is 9. The van der Waals surface area contributed by atoms with E-state index in [1.807, 2.05) is 19.9 Å². The molecule has 11 nitrogen and oxygen atoms in total. The molecule has 0 radical (unpaired) electrons. The van der Waals surface area contributed by atoms with Gasteiger partial charge in [0.05, 0.1) is 17.5 Å². The number of nitrogens with two attached hydrogens (primary N) is 1. The van der Waals surface area contributed by atoms with Gasteiger partial charge in [-0.3, -0.25) is 9.59 Å². The number of benzene rings is 1. The summed E-state index contributed by atoms with van der Waals surface area (Å²) in [4.78, 5) is 27.5. The summed E-state index contributed by atoms with van der Waals surface area (Å²) < 4.78 is 0.943. The van der Waals surface area contributed by atoms with E-state index in [9.17, 15) is 20.0 Å². The molecule has 0 aliphatic carbocycles. The third kappa shape index (κ3) is 9.60. The largest absolute Gasteiger partial charge is 0.492 e. The lowest BCUT2D eigenvalue weighted by Gasteiger charge is -2.25. The number of unbranched alkanes of at least 4 members (excludes halogenated alkanes) is 6. The lowest BCUT2D eigenvalue weighted by atomic mass is 10.1. The van der Waals surface area contributed by atoms with Crippen LogP contribution in [0.1, 0.15) is 101 Å². The molecule has 224 valence electrons. The van der Waals surface area contributed by atoms with Crippen molar-refractivity contribution in [3.05, 3.63) is 45.7 Å². The number of nitriles is 1. The van der Waals surface area contributed by atoms with Gasteiger partial charge in [0.2, 0.25) is 5.88 Å². The number of amides is 1. The number of hydrogen-bond donors (Lipinski definition) is 4. The van der Waals surface area contributed by atoms with E-state index < -0.39 is 11.4 Å². The lowest BCUT2D eigenvalue weighted by molar-refractivity contribution is 0.0726. The Bertz CT molecular complexity index is 1230. The molecule has 1 aromatic carbocycles. The fourth-order valence-electron chi connectivity index (χ4n) is 4.21. The number of anilines is 1. The van der Waals surface area contributed by atoms with Crippen LogP contribution in [-0.2, 0) is 0 Å². The zero-order chi connectivity index (χ0) is 30.2. The molecule has 0 aliphatic heterocycles. The summed E-state index contributed by atoms with van der Waals surface area (Å²) in [6.07, 6.45) is 9.40. The van der Waals surface area contributed by atoms with Gasteiger partial charge in [0.25, 0.3) is 11.5 Å². The van der Waals surface area contributed by atoms with Gasteiger partial charge < -0.3 is 26.5 Å². The van der Waals surface area contributed by atoms with Crippen LogP contribution in [0, 0.1) is 11.3 Å². The number of aromatic hydroxyl groups is 1. The van der Waals surface area contributed by atoms with Crippen molar-refractivity contribution in [2.24, 2.45) is 16.0 Å². The van der Waals surface area contributed by atoms with Crippen molar-refractivity contribution in [2.45, 2.75) is 91.1 Å². The minimum Gasteiger partial charge on any atom is -0.492 e. The van der Waals surface area contributed by atoms with Crippen LogP contribution in [0.15, 0.2) is 39.3 Å². The Balaban J connectivity index is 2.28. The Morgan fingerprint density at radius 1 is 1.02 bits per heavy atom. The predicted molar refractivity (Wildman–Crippen MR) is 164 cm³/mol. The van der Waals surface area contributed by atoms with Gasteiger partial charge in [0.15, 0.2) is 5.69 Å². The Labute approximate surface area is 243 Å². The topological polar surface area (TPSA) is 161 Å². The van der Waals surface area contributed by atoms with E-state index in [1.165, 1.54) is 19.3 Å². The number of nitrogens with zero attached hydrogens (tertiary/aromatic N) is 5. The summed E-state index contributed by atoms with van der Waals surface area (Å²) >= 11 is 0. The molecule has 11 heteroatoms. The highest BCUT2D eigenvalue weighted by atomic mass is 16.3. The first-order chi connectivity index (χ1) is 19.8. The fourth-order valence-corrected chi connectivity index (χ4v) is 4.21. The second kappa shape index (κ2) is 17.7. The Morgan fingerprint density at radius 2 is 1.66 bits per heavy atom. The van der Waals surface area contributed by atoms with Gasteiger partial charge in [-0.05, 0) is 43.5 Å². The van der Waals surface area contributed by atoms with Crippen LogP contribution < -0.4 is 22.0 Å². The smallest absolute Gasteiger partial charge is 0.292 e. The maximum Gasteiger partial charge on any atom is 0.292 e. The van der Waals surface area contributed by atoms with E-state index in [0.717, 1.165) is 49.6 Å². The minimum absolute atomic E-state index is 0.0222. The third-order valence-corrected chi connectivity index (χ3v) is 6.87. The molecule has 1 aromatic heterocycles. The highest BCUT2D eigenvalue weighted by Gasteiger charge is 2.22. The Morgan fingerprint density at radius 3 is 2.29 bits per heavy atom. The first-order valence-corrected chi connectivity index (χ1v) is 14.7. The normalized spacial score (nSPS) is 11.8. The minimum atomic E-state index is -0.662. The van der Waals surface area contributed by atoms with Gasteiger partial charge in [-0.2, -0.15) is 15.1 Å². The molecule has 1 atom stereocenters. The van der Waals surface area contributed by atoms with Crippen molar-refractivity contribution in [1.82, 2.24) is 9.58 Å². The van der Waals surface area contributed by atoms with Crippen LogP contribution in [0.4, 0.5) is 17.1 Å². The zero-order valence-electron chi connectivity index (χ0n) is 24.9. The Hall–Kier alpha value is -3.91. The predicted octanol–water partition coefficient (Wildman–Crippen LogP) is 6.11. The first kappa shape index (κ1) is 33.3. The second-order valence-electron chi connectivity index (χ2n) is 10.1. The molecule has 0 aliphatic rings. The summed E-state index contributed by atoms with van der Waals surface area (Å²) in [5, 5.41) is 32.3. The van der Waals surface area contributed by atoms with Crippen molar-refractivity contribution in [1.29, 1.82) is 5.26 Å². The molecule has 0 saturated heterocycles. The van der Waals surface area contributed by atoms with Crippen molar-refractivity contribution in [2.75, 3.05) is 30.9 Å². The quantitative estimate of drug-likeness (QED) is 0.0960. The van der Waals surface area contributed by atoms with Crippen LogP contribution in [0.3, 0.4) is 0 Å². The number of nitrogens with one attached hydrogen (secondary N) is 2. The average molecular weight is 567 g/mol. The highest BCUT2D eigenvalue weighted by Crippen LogP contribution is 2.36. The van der Waals surface area contributed by atoms with Crippen LogP contribution in [0.25, 0.3) is 0 Å². The Kier molecular flexibility index (Phi) is 14.4. The van der Waals surface area contributed by atoms with Crippen LogP contribution in [0.5, 0.6) is 5.88 Å². The zero-order valence-corrected chi connectivity index (χ0v) is 24.9. The van der Waals surface area contributed by atoms with Gasteiger partial charge in [0, 0.05) is 25.7 Å². The summed E-state index contributed by atoms with van der Waals surface area (Å²) in [7, 11) is 1.71. The number of aromatic nitrogens is 1. The maximum atomic E-state index is 13.0. The van der Waals surface area contributed by atoms with Crippen molar-refractivity contribution < 1.29 is 9.90 Å². The molecule has 0 fully saturated rings. The summed E-state index contributed by atoms with van der Waals surface area (Å²) in [6, 6.07) is 8.53. The van der Waals surface area contributed by atoms with E-state index in [4.69, 9.17) is 5.73 Å². The molecule has 0 saturated carbocycles. The van der Waals surface area contributed by atoms with E-state index >= 15 is 0 Å². The molecule has 2 aromatic rings. The van der Waals surface area contributed by atoms with E-state index in [-0.39, 0.29) is 29.0 Å². The number of azo groups is 1. The number of carbonyl (C=O) groups excluding carboxylic acids is 1. The molecule has 2 rings (SSSR count). The summed E-state index contributed by atoms with van der Waals surface area (Å²) in [5.41, 5.74) is 9.32. The molecule has 1 heterocycles. The second-order valence-corrected chi connectivity index (χ2v) is 10.1. The summed E-state index contributed by atoms with van der Waals surface area (Å²) in [6.45, 7) is 7.13. The number of pyridine rings is 1.